The van der Waals surface area contributed by atoms with Crippen molar-refractivity contribution in [1.82, 2.24) is 14.5 Å². The van der Waals surface area contributed by atoms with Crippen molar-refractivity contribution in [3.8, 4) is 0 Å². The van der Waals surface area contributed by atoms with E-state index in [0.29, 0.717) is 0 Å². The molecule has 1 aromatic rings. The molecule has 3 fully saturated rings. The third kappa shape index (κ3) is 1.51. The van der Waals surface area contributed by atoms with Gasteiger partial charge in [0.25, 0.3) is 0 Å². The van der Waals surface area contributed by atoms with Gasteiger partial charge in [0.15, 0.2) is 11.5 Å². The van der Waals surface area contributed by atoms with Crippen LogP contribution in [0.2, 0.25) is 0 Å². The van der Waals surface area contributed by atoms with Gasteiger partial charge >= 0.3 is 5.69 Å². The number of aliphatic imine (C=N–C) groups is 1. The summed E-state index contributed by atoms with van der Waals surface area (Å²) >= 11 is 0. The number of fused-ring (bicyclic) bond motifs is 3. The molecule has 9 nitrogen and oxygen atoms in total. The number of hydrogen-bond donors (Lipinski definition) is 3. The number of aromatic nitrogens is 2. The number of ether oxygens (including phenoxy) is 1. The maximum absolute atomic E-state index is 12.4. The van der Waals surface area contributed by atoms with Gasteiger partial charge in [-0.3, -0.25) is 4.57 Å². The molecule has 130 valence electrons. The van der Waals surface area contributed by atoms with Gasteiger partial charge in [-0.05, 0) is 6.07 Å². The Hall–Kier alpha value is -1.81. The Morgan fingerprint density at radius 1 is 1.50 bits per heavy atom. The normalized spacial score (nSPS) is 45.2. The molecule has 0 aromatic carbocycles. The van der Waals surface area contributed by atoms with Crippen molar-refractivity contribution >= 4 is 12.2 Å². The summed E-state index contributed by atoms with van der Waals surface area (Å²) in [6.45, 7) is 1.39. The summed E-state index contributed by atoms with van der Waals surface area (Å²) in [5, 5.41) is 30.1. The van der Waals surface area contributed by atoms with E-state index in [9.17, 15) is 20.1 Å². The molecule has 0 radical (unpaired) electrons. The fourth-order valence-corrected chi connectivity index (χ4v) is 4.33. The number of aliphatic hydroxyl groups is 3. The molecular formula is C15H20N4O5. The largest absolute Gasteiger partial charge is 0.393 e. The highest BCUT2D eigenvalue weighted by molar-refractivity contribution is 5.58. The standard InChI is InChI=1S/C15H20N4O5/c1-13-9-10(21)14(9,6-20)24-15(13,11(13)22)19-5-4-8(17-12(19)23)16-7-18(2)3/h4-5,7,9-11,20-22H,6H2,1-3H3/t9?,10-,11+,13?,14?,15?/m1/s1. The van der Waals surface area contributed by atoms with Gasteiger partial charge in [-0.25, -0.2) is 9.79 Å². The average Bonchev–Trinajstić information content (AvgIpc) is 3.23. The van der Waals surface area contributed by atoms with Crippen molar-refractivity contribution in [3.63, 3.8) is 0 Å². The predicted octanol–water partition coefficient (Wildman–Crippen LogP) is -1.75. The molecule has 1 aliphatic heterocycles. The van der Waals surface area contributed by atoms with E-state index in [1.807, 2.05) is 0 Å². The van der Waals surface area contributed by atoms with Crippen LogP contribution in [0.25, 0.3) is 0 Å². The van der Waals surface area contributed by atoms with Gasteiger partial charge in [0.2, 0.25) is 0 Å². The summed E-state index contributed by atoms with van der Waals surface area (Å²) < 4.78 is 7.13. The maximum atomic E-state index is 12.4. The lowest BCUT2D eigenvalue weighted by atomic mass is 10.00. The third-order valence-corrected chi connectivity index (χ3v) is 5.67. The van der Waals surface area contributed by atoms with Crippen LogP contribution in [0.15, 0.2) is 22.1 Å². The van der Waals surface area contributed by atoms with E-state index in [4.69, 9.17) is 4.74 Å². The van der Waals surface area contributed by atoms with Crippen LogP contribution in [-0.4, -0.2) is 74.6 Å². The SMILES string of the molecule is CN(C)C=Nc1ccn(C23OC4(CO)C([C@H]4O)C2(C)[C@@H]3O)c(=O)n1. The minimum absolute atomic E-state index is 0.248. The van der Waals surface area contributed by atoms with Crippen LogP contribution in [0.1, 0.15) is 6.92 Å². The van der Waals surface area contributed by atoms with Crippen molar-refractivity contribution < 1.29 is 20.1 Å². The van der Waals surface area contributed by atoms with Crippen molar-refractivity contribution in [3.05, 3.63) is 22.7 Å². The number of nitrogens with zero attached hydrogens (tertiary/aromatic N) is 4. The van der Waals surface area contributed by atoms with E-state index < -0.39 is 40.6 Å². The Kier molecular flexibility index (Phi) is 2.89. The fourth-order valence-electron chi connectivity index (χ4n) is 4.33. The van der Waals surface area contributed by atoms with Gasteiger partial charge in [-0.15, -0.1) is 0 Å². The summed E-state index contributed by atoms with van der Waals surface area (Å²) in [6, 6.07) is 1.55. The van der Waals surface area contributed by atoms with Crippen LogP contribution in [-0.2, 0) is 10.5 Å². The highest BCUT2D eigenvalue weighted by Crippen LogP contribution is 2.82. The minimum atomic E-state index is -1.30. The van der Waals surface area contributed by atoms with Crippen molar-refractivity contribution in [2.45, 2.75) is 30.5 Å². The van der Waals surface area contributed by atoms with Crippen LogP contribution < -0.4 is 5.69 Å². The summed E-state index contributed by atoms with van der Waals surface area (Å²) in [5.74, 6) is -0.165. The van der Waals surface area contributed by atoms with E-state index in [1.165, 1.54) is 17.1 Å². The van der Waals surface area contributed by atoms with Gasteiger partial charge in [-0.1, -0.05) is 6.92 Å². The molecule has 4 rings (SSSR count). The number of aliphatic hydroxyl groups excluding tert-OH is 3. The lowest BCUT2D eigenvalue weighted by Crippen LogP contribution is -2.41. The molecule has 3 N–H and O–H groups in total. The predicted molar refractivity (Wildman–Crippen MR) is 82.8 cm³/mol. The van der Waals surface area contributed by atoms with Crippen LogP contribution in [0, 0.1) is 11.3 Å². The lowest BCUT2D eigenvalue weighted by molar-refractivity contribution is -0.138. The van der Waals surface area contributed by atoms with Crippen molar-refractivity contribution in [2.24, 2.45) is 16.3 Å². The second-order valence-electron chi connectivity index (χ2n) is 7.17. The van der Waals surface area contributed by atoms with E-state index in [1.54, 1.807) is 32.0 Å². The van der Waals surface area contributed by atoms with Crippen LogP contribution in [0.3, 0.4) is 0 Å². The highest BCUT2D eigenvalue weighted by atomic mass is 16.6. The number of rotatable bonds is 4. The second-order valence-corrected chi connectivity index (χ2v) is 7.17. The average molecular weight is 336 g/mol. The van der Waals surface area contributed by atoms with Crippen LogP contribution >= 0.6 is 0 Å². The fraction of sp³-hybridized carbons (Fsp3) is 0.667. The molecule has 9 heteroatoms. The van der Waals surface area contributed by atoms with E-state index >= 15 is 0 Å². The van der Waals surface area contributed by atoms with Gasteiger partial charge in [-0.2, -0.15) is 4.98 Å². The first kappa shape index (κ1) is 15.7. The zero-order chi connectivity index (χ0) is 17.5. The van der Waals surface area contributed by atoms with Crippen LogP contribution in [0.5, 0.6) is 0 Å². The maximum Gasteiger partial charge on any atom is 0.352 e. The first-order chi connectivity index (χ1) is 11.3. The lowest BCUT2D eigenvalue weighted by Gasteiger charge is -2.24. The molecule has 2 saturated carbocycles. The summed E-state index contributed by atoms with van der Waals surface area (Å²) in [4.78, 5) is 22.1. The zero-order valence-electron chi connectivity index (χ0n) is 13.6. The smallest absolute Gasteiger partial charge is 0.352 e. The monoisotopic (exact) mass is 336 g/mol. The third-order valence-electron chi connectivity index (χ3n) is 5.67. The molecular weight excluding hydrogens is 316 g/mol. The van der Waals surface area contributed by atoms with Crippen LogP contribution in [0.4, 0.5) is 5.82 Å². The van der Waals surface area contributed by atoms with E-state index in [2.05, 4.69) is 9.98 Å². The first-order valence-electron chi connectivity index (χ1n) is 7.73. The Morgan fingerprint density at radius 2 is 2.21 bits per heavy atom. The molecule has 0 amide bonds. The molecule has 1 aromatic heterocycles. The minimum Gasteiger partial charge on any atom is -0.393 e. The first-order valence-corrected chi connectivity index (χ1v) is 7.73. The quantitative estimate of drug-likeness (QED) is 0.440. The second kappa shape index (κ2) is 4.42. The van der Waals surface area contributed by atoms with Gasteiger partial charge in [0.1, 0.15) is 11.7 Å². The molecule has 1 saturated heterocycles. The topological polar surface area (TPSA) is 120 Å². The molecule has 3 aliphatic rings. The molecule has 2 heterocycles. The zero-order valence-corrected chi connectivity index (χ0v) is 13.6. The van der Waals surface area contributed by atoms with Crippen molar-refractivity contribution in [1.29, 1.82) is 0 Å². The highest BCUT2D eigenvalue weighted by Gasteiger charge is 2.97. The summed E-state index contributed by atoms with van der Waals surface area (Å²) in [5.41, 5.74) is -3.84. The Balaban J connectivity index is 1.72. The summed E-state index contributed by atoms with van der Waals surface area (Å²) in [6.07, 6.45) is 1.21. The molecule has 0 bridgehead atoms. The Bertz CT molecular complexity index is 794. The summed E-state index contributed by atoms with van der Waals surface area (Å²) in [7, 11) is 3.60. The van der Waals surface area contributed by atoms with Gasteiger partial charge in [0, 0.05) is 26.2 Å². The molecule has 2 aliphatic carbocycles. The molecule has 6 atom stereocenters. The number of hydrogen-bond acceptors (Lipinski definition) is 7. The van der Waals surface area contributed by atoms with Gasteiger partial charge in [0.05, 0.1) is 24.5 Å². The Labute approximate surface area is 137 Å². The molecule has 0 spiro atoms. The molecule has 24 heavy (non-hydrogen) atoms. The Morgan fingerprint density at radius 3 is 2.79 bits per heavy atom. The van der Waals surface area contributed by atoms with E-state index in [-0.39, 0.29) is 12.4 Å². The van der Waals surface area contributed by atoms with Crippen molar-refractivity contribution in [2.75, 3.05) is 20.7 Å². The molecule has 4 unspecified atom stereocenters. The van der Waals surface area contributed by atoms with Gasteiger partial charge < -0.3 is 25.0 Å². The van der Waals surface area contributed by atoms with E-state index in [0.717, 1.165) is 0 Å².